The third kappa shape index (κ3) is 6.09. The molecule has 182 valence electrons. The van der Waals surface area contributed by atoms with Crippen molar-refractivity contribution in [3.63, 3.8) is 0 Å². The molecule has 0 bridgehead atoms. The summed E-state index contributed by atoms with van der Waals surface area (Å²) in [6.07, 6.45) is 1.40. The molecule has 0 atom stereocenters. The lowest BCUT2D eigenvalue weighted by molar-refractivity contribution is -0.384. The van der Waals surface area contributed by atoms with Crippen LogP contribution in [-0.4, -0.2) is 66.6 Å². The van der Waals surface area contributed by atoms with Crippen molar-refractivity contribution in [1.82, 2.24) is 15.0 Å². The van der Waals surface area contributed by atoms with Crippen LogP contribution in [-0.2, 0) is 4.74 Å². The number of ether oxygens (including phenoxy) is 3. The third-order valence-corrected chi connectivity index (χ3v) is 5.06. The number of morpholine rings is 1. The van der Waals surface area contributed by atoms with Crippen molar-refractivity contribution in [2.45, 2.75) is 0 Å². The zero-order valence-electron chi connectivity index (χ0n) is 19.2. The van der Waals surface area contributed by atoms with Crippen molar-refractivity contribution in [1.29, 1.82) is 0 Å². The highest BCUT2D eigenvalue weighted by molar-refractivity contribution is 5.85. The molecule has 0 unspecified atom stereocenters. The molecule has 13 heteroatoms. The molecule has 2 aromatic carbocycles. The molecule has 0 radical (unpaired) electrons. The zero-order valence-corrected chi connectivity index (χ0v) is 19.2. The Hall–Kier alpha value is -4.52. The van der Waals surface area contributed by atoms with Crippen LogP contribution in [0.4, 0.5) is 29.2 Å². The van der Waals surface area contributed by atoms with Crippen LogP contribution in [0, 0.1) is 10.1 Å². The highest BCUT2D eigenvalue weighted by atomic mass is 16.6. The maximum absolute atomic E-state index is 11.1. The van der Waals surface area contributed by atoms with Crippen LogP contribution in [0.1, 0.15) is 5.56 Å². The first-order valence-corrected chi connectivity index (χ1v) is 10.7. The van der Waals surface area contributed by atoms with Gasteiger partial charge in [0.25, 0.3) is 5.69 Å². The van der Waals surface area contributed by atoms with E-state index in [2.05, 4.69) is 30.8 Å². The Balaban J connectivity index is 1.58. The van der Waals surface area contributed by atoms with Gasteiger partial charge in [-0.3, -0.25) is 10.1 Å². The molecule has 1 aliphatic rings. The summed E-state index contributed by atoms with van der Waals surface area (Å²) in [7, 11) is 3.08. The molecule has 4 rings (SSSR count). The molecular weight excluding hydrogens is 456 g/mol. The minimum atomic E-state index is -0.484. The summed E-state index contributed by atoms with van der Waals surface area (Å²) in [5, 5.41) is 18.4. The predicted molar refractivity (Wildman–Crippen MR) is 130 cm³/mol. The molecule has 2 heterocycles. The van der Waals surface area contributed by atoms with Gasteiger partial charge in [0.2, 0.25) is 17.8 Å². The zero-order chi connectivity index (χ0) is 24.6. The normalized spacial score (nSPS) is 13.5. The number of non-ortho nitro benzene ring substituents is 1. The van der Waals surface area contributed by atoms with Crippen molar-refractivity contribution < 1.29 is 19.1 Å². The Morgan fingerprint density at radius 3 is 2.49 bits per heavy atom. The van der Waals surface area contributed by atoms with E-state index in [0.29, 0.717) is 49.5 Å². The number of nitrogens with zero attached hydrogens (tertiary/aromatic N) is 6. The number of anilines is 4. The molecule has 0 spiro atoms. The SMILES string of the molecule is COc1ccc(Nc2nc(NN=Cc3cc([N+](=O)[O-])ccc3OC)nc(N3CCOCC3)n2)cc1. The molecular formula is C22H24N8O5. The van der Waals surface area contributed by atoms with Gasteiger partial charge in [0, 0.05) is 36.5 Å². The van der Waals surface area contributed by atoms with Gasteiger partial charge in [0.15, 0.2) is 0 Å². The monoisotopic (exact) mass is 480 g/mol. The molecule has 13 nitrogen and oxygen atoms in total. The average molecular weight is 480 g/mol. The summed E-state index contributed by atoms with van der Waals surface area (Å²) in [4.78, 5) is 26.0. The van der Waals surface area contributed by atoms with Crippen molar-refractivity contribution in [3.8, 4) is 11.5 Å². The summed E-state index contributed by atoms with van der Waals surface area (Å²) >= 11 is 0. The number of benzene rings is 2. The number of nitro groups is 1. The van der Waals surface area contributed by atoms with E-state index >= 15 is 0 Å². The summed E-state index contributed by atoms with van der Waals surface area (Å²) < 4.78 is 15.9. The quantitative estimate of drug-likeness (QED) is 0.264. The maximum Gasteiger partial charge on any atom is 0.270 e. The molecule has 1 fully saturated rings. The Kier molecular flexibility index (Phi) is 7.47. The lowest BCUT2D eigenvalue weighted by Crippen LogP contribution is -2.37. The first-order chi connectivity index (χ1) is 17.1. The Labute approximate surface area is 200 Å². The highest BCUT2D eigenvalue weighted by Gasteiger charge is 2.17. The summed E-state index contributed by atoms with van der Waals surface area (Å²) in [6, 6.07) is 11.6. The first kappa shape index (κ1) is 23.6. The minimum Gasteiger partial charge on any atom is -0.497 e. The second kappa shape index (κ2) is 11.1. The van der Waals surface area contributed by atoms with E-state index in [0.717, 1.165) is 11.4 Å². The van der Waals surface area contributed by atoms with E-state index in [-0.39, 0.29) is 11.6 Å². The topological polar surface area (TPSA) is 149 Å². The van der Waals surface area contributed by atoms with Gasteiger partial charge in [-0.05, 0) is 30.3 Å². The highest BCUT2D eigenvalue weighted by Crippen LogP contribution is 2.23. The molecule has 1 aliphatic heterocycles. The third-order valence-electron chi connectivity index (χ3n) is 5.06. The first-order valence-electron chi connectivity index (χ1n) is 10.7. The number of hydrogen-bond donors (Lipinski definition) is 2. The number of nitrogens with one attached hydrogen (secondary N) is 2. The van der Waals surface area contributed by atoms with Crippen molar-refractivity contribution in [3.05, 3.63) is 58.1 Å². The molecule has 1 aromatic heterocycles. The lowest BCUT2D eigenvalue weighted by atomic mass is 10.2. The van der Waals surface area contributed by atoms with Crippen molar-refractivity contribution in [2.24, 2.45) is 5.10 Å². The number of aromatic nitrogens is 3. The maximum atomic E-state index is 11.1. The fourth-order valence-electron chi connectivity index (χ4n) is 3.27. The second-order valence-electron chi connectivity index (χ2n) is 7.29. The average Bonchev–Trinajstić information content (AvgIpc) is 2.89. The standard InChI is InChI=1S/C22H24N8O5/c1-33-18-6-3-16(4-7-18)24-20-25-21(27-22(26-20)29-9-11-35-12-10-29)28-23-14-15-13-17(30(31)32)5-8-19(15)34-2/h3-8,13-14H,9-12H2,1-2H3,(H2,24,25,26,27,28). The van der Waals surface area contributed by atoms with Crippen molar-refractivity contribution in [2.75, 3.05) is 56.2 Å². The number of hydrogen-bond acceptors (Lipinski definition) is 12. The largest absolute Gasteiger partial charge is 0.497 e. The van der Waals surface area contributed by atoms with Crippen LogP contribution in [0.2, 0.25) is 0 Å². The van der Waals surface area contributed by atoms with E-state index in [4.69, 9.17) is 14.2 Å². The molecule has 0 aliphatic carbocycles. The molecule has 35 heavy (non-hydrogen) atoms. The lowest BCUT2D eigenvalue weighted by Gasteiger charge is -2.27. The molecule has 3 aromatic rings. The van der Waals surface area contributed by atoms with Crippen LogP contribution < -0.4 is 25.1 Å². The Morgan fingerprint density at radius 1 is 1.06 bits per heavy atom. The molecule has 2 N–H and O–H groups in total. The smallest absolute Gasteiger partial charge is 0.270 e. The fraction of sp³-hybridized carbons (Fsp3) is 0.273. The van der Waals surface area contributed by atoms with E-state index in [1.54, 1.807) is 7.11 Å². The van der Waals surface area contributed by atoms with Gasteiger partial charge in [0.05, 0.1) is 38.6 Å². The van der Waals surface area contributed by atoms with Gasteiger partial charge in [-0.2, -0.15) is 20.1 Å². The number of methoxy groups -OCH3 is 2. The van der Waals surface area contributed by atoms with Gasteiger partial charge in [-0.25, -0.2) is 5.43 Å². The van der Waals surface area contributed by atoms with E-state index in [1.807, 2.05) is 29.2 Å². The summed E-state index contributed by atoms with van der Waals surface area (Å²) in [5.74, 6) is 2.14. The van der Waals surface area contributed by atoms with Crippen LogP contribution in [0.3, 0.4) is 0 Å². The van der Waals surface area contributed by atoms with Gasteiger partial charge in [-0.15, -0.1) is 0 Å². The number of hydrazone groups is 1. The van der Waals surface area contributed by atoms with Crippen LogP contribution in [0.25, 0.3) is 0 Å². The van der Waals surface area contributed by atoms with Crippen LogP contribution in [0.5, 0.6) is 11.5 Å². The number of nitro benzene ring substituents is 1. The molecule has 0 saturated carbocycles. The van der Waals surface area contributed by atoms with Crippen LogP contribution >= 0.6 is 0 Å². The molecule has 1 saturated heterocycles. The predicted octanol–water partition coefficient (Wildman–Crippen LogP) is 2.82. The van der Waals surface area contributed by atoms with Gasteiger partial charge >= 0.3 is 0 Å². The van der Waals surface area contributed by atoms with Gasteiger partial charge in [0.1, 0.15) is 11.5 Å². The number of rotatable bonds is 9. The molecule has 0 amide bonds. The Morgan fingerprint density at radius 2 is 1.80 bits per heavy atom. The summed E-state index contributed by atoms with van der Waals surface area (Å²) in [6.45, 7) is 2.42. The summed E-state index contributed by atoms with van der Waals surface area (Å²) in [5.41, 5.74) is 3.89. The fourth-order valence-corrected chi connectivity index (χ4v) is 3.27. The van der Waals surface area contributed by atoms with E-state index < -0.39 is 4.92 Å². The second-order valence-corrected chi connectivity index (χ2v) is 7.29. The van der Waals surface area contributed by atoms with Gasteiger partial charge < -0.3 is 24.4 Å². The minimum absolute atomic E-state index is 0.0759. The van der Waals surface area contributed by atoms with Crippen LogP contribution in [0.15, 0.2) is 47.6 Å². The van der Waals surface area contributed by atoms with E-state index in [1.165, 1.54) is 31.5 Å². The Bertz CT molecular complexity index is 1200. The van der Waals surface area contributed by atoms with Gasteiger partial charge in [-0.1, -0.05) is 0 Å². The van der Waals surface area contributed by atoms with Crippen molar-refractivity contribution >= 4 is 35.4 Å². The van der Waals surface area contributed by atoms with E-state index in [9.17, 15) is 10.1 Å².